The molecule has 0 saturated carbocycles. The van der Waals surface area contributed by atoms with Gasteiger partial charge in [-0.25, -0.2) is 4.39 Å². The zero-order valence-electron chi connectivity index (χ0n) is 11.1. The molecule has 20 heavy (non-hydrogen) atoms. The van der Waals surface area contributed by atoms with Crippen molar-refractivity contribution in [1.82, 2.24) is 5.32 Å². The van der Waals surface area contributed by atoms with Crippen LogP contribution in [0.5, 0.6) is 0 Å². The lowest BCUT2D eigenvalue weighted by Gasteiger charge is -2.15. The first-order valence-electron chi connectivity index (χ1n) is 6.34. The van der Waals surface area contributed by atoms with E-state index in [4.69, 9.17) is 0 Å². The van der Waals surface area contributed by atoms with Crippen molar-refractivity contribution < 1.29 is 14.3 Å². The van der Waals surface area contributed by atoms with Crippen LogP contribution < -0.4 is 5.32 Å². The summed E-state index contributed by atoms with van der Waals surface area (Å²) in [5.41, 5.74) is 1.89. The number of aliphatic carboxylic acids is 1. The van der Waals surface area contributed by atoms with Gasteiger partial charge in [0.25, 0.3) is 0 Å². The maximum atomic E-state index is 13.5. The van der Waals surface area contributed by atoms with Crippen molar-refractivity contribution in [3.63, 3.8) is 0 Å². The number of halogens is 1. The van der Waals surface area contributed by atoms with Crippen LogP contribution in [0.3, 0.4) is 0 Å². The molecule has 0 amide bonds. The molecule has 1 unspecified atom stereocenters. The minimum absolute atomic E-state index is 0.393. The number of aryl methyl sites for hydroxylation is 1. The van der Waals surface area contributed by atoms with E-state index in [1.807, 2.05) is 30.3 Å². The highest BCUT2D eigenvalue weighted by Gasteiger charge is 2.19. The molecular weight excluding hydrogens is 257 g/mol. The monoisotopic (exact) mass is 273 g/mol. The van der Waals surface area contributed by atoms with Crippen LogP contribution in [-0.4, -0.2) is 11.1 Å². The van der Waals surface area contributed by atoms with Crippen LogP contribution in [0.15, 0.2) is 48.5 Å². The fourth-order valence-corrected chi connectivity index (χ4v) is 1.95. The van der Waals surface area contributed by atoms with Crippen molar-refractivity contribution in [3.8, 4) is 0 Å². The maximum absolute atomic E-state index is 13.5. The average Bonchev–Trinajstić information content (AvgIpc) is 2.43. The quantitative estimate of drug-likeness (QED) is 0.880. The van der Waals surface area contributed by atoms with E-state index in [-0.39, 0.29) is 0 Å². The van der Waals surface area contributed by atoms with Gasteiger partial charge in [0.05, 0.1) is 0 Å². The highest BCUT2D eigenvalue weighted by molar-refractivity contribution is 5.75. The number of carboxylic acid groups (broad SMARTS) is 1. The highest BCUT2D eigenvalue weighted by Crippen LogP contribution is 2.17. The summed E-state index contributed by atoms with van der Waals surface area (Å²) in [4.78, 5) is 11.3. The lowest BCUT2D eigenvalue weighted by molar-refractivity contribution is -0.139. The molecule has 3 nitrogen and oxygen atoms in total. The Labute approximate surface area is 117 Å². The Morgan fingerprint density at radius 3 is 2.55 bits per heavy atom. The van der Waals surface area contributed by atoms with Crippen LogP contribution >= 0.6 is 0 Å². The zero-order valence-corrected chi connectivity index (χ0v) is 11.1. The Bertz CT molecular complexity index is 599. The lowest BCUT2D eigenvalue weighted by atomic mass is 10.0. The maximum Gasteiger partial charge on any atom is 0.325 e. The van der Waals surface area contributed by atoms with E-state index in [9.17, 15) is 14.3 Å². The summed E-state index contributed by atoms with van der Waals surface area (Å²) in [6.45, 7) is 2.06. The molecule has 0 aliphatic carbocycles. The van der Waals surface area contributed by atoms with Crippen LogP contribution in [0.2, 0.25) is 0 Å². The van der Waals surface area contributed by atoms with E-state index in [1.54, 1.807) is 19.1 Å². The number of carboxylic acids is 1. The summed E-state index contributed by atoms with van der Waals surface area (Å²) < 4.78 is 13.5. The van der Waals surface area contributed by atoms with Gasteiger partial charge in [0.2, 0.25) is 0 Å². The third kappa shape index (κ3) is 3.42. The molecule has 0 fully saturated rings. The van der Waals surface area contributed by atoms with E-state index < -0.39 is 17.8 Å². The second kappa shape index (κ2) is 6.30. The van der Waals surface area contributed by atoms with Gasteiger partial charge in [-0.2, -0.15) is 0 Å². The standard InChI is InChI=1S/C16H16FNO2/c1-11-7-8-13(9-14(11)17)15(16(19)20)18-10-12-5-3-2-4-6-12/h2-9,15,18H,10H2,1H3,(H,19,20). The molecule has 2 rings (SSSR count). The smallest absolute Gasteiger partial charge is 0.325 e. The van der Waals surface area contributed by atoms with E-state index in [2.05, 4.69) is 5.32 Å². The minimum Gasteiger partial charge on any atom is -0.480 e. The van der Waals surface area contributed by atoms with E-state index in [1.165, 1.54) is 6.07 Å². The molecule has 2 aromatic carbocycles. The second-order valence-electron chi connectivity index (χ2n) is 4.65. The van der Waals surface area contributed by atoms with Gasteiger partial charge in [-0.3, -0.25) is 10.1 Å². The number of carbonyl (C=O) groups is 1. The zero-order chi connectivity index (χ0) is 14.5. The van der Waals surface area contributed by atoms with Gasteiger partial charge in [-0.15, -0.1) is 0 Å². The first kappa shape index (κ1) is 14.2. The number of hydrogen-bond donors (Lipinski definition) is 2. The average molecular weight is 273 g/mol. The molecule has 2 N–H and O–H groups in total. The summed E-state index contributed by atoms with van der Waals surface area (Å²) in [5.74, 6) is -1.42. The molecule has 0 heterocycles. The van der Waals surface area contributed by atoms with Crippen LogP contribution in [0.4, 0.5) is 4.39 Å². The molecular formula is C16H16FNO2. The van der Waals surface area contributed by atoms with Gasteiger partial charge in [-0.1, -0.05) is 42.5 Å². The van der Waals surface area contributed by atoms with Crippen molar-refractivity contribution in [2.75, 3.05) is 0 Å². The predicted octanol–water partition coefficient (Wildman–Crippen LogP) is 3.05. The van der Waals surface area contributed by atoms with Crippen LogP contribution in [0.25, 0.3) is 0 Å². The summed E-state index contributed by atoms with van der Waals surface area (Å²) in [6, 6.07) is 13.0. The van der Waals surface area contributed by atoms with E-state index in [0.717, 1.165) is 5.56 Å². The van der Waals surface area contributed by atoms with Crippen LogP contribution in [-0.2, 0) is 11.3 Å². The van der Waals surface area contributed by atoms with Gasteiger partial charge >= 0.3 is 5.97 Å². The molecule has 0 spiro atoms. The molecule has 104 valence electrons. The molecule has 4 heteroatoms. The molecule has 0 radical (unpaired) electrons. The highest BCUT2D eigenvalue weighted by atomic mass is 19.1. The topological polar surface area (TPSA) is 49.3 Å². The Balaban J connectivity index is 2.15. The van der Waals surface area contributed by atoms with Crippen molar-refractivity contribution >= 4 is 5.97 Å². The van der Waals surface area contributed by atoms with Crippen LogP contribution in [0.1, 0.15) is 22.7 Å². The molecule has 0 saturated heterocycles. The SMILES string of the molecule is Cc1ccc(C(NCc2ccccc2)C(=O)O)cc1F. The fourth-order valence-electron chi connectivity index (χ4n) is 1.95. The molecule has 0 aliphatic rings. The molecule has 2 aromatic rings. The van der Waals surface area contributed by atoms with Gasteiger partial charge in [0.1, 0.15) is 11.9 Å². The van der Waals surface area contributed by atoms with Gasteiger partial charge < -0.3 is 5.11 Å². The minimum atomic E-state index is -1.02. The summed E-state index contributed by atoms with van der Waals surface area (Å²) in [6.07, 6.45) is 0. The second-order valence-corrected chi connectivity index (χ2v) is 4.65. The fraction of sp³-hybridized carbons (Fsp3) is 0.188. The van der Waals surface area contributed by atoms with Gasteiger partial charge in [0, 0.05) is 6.54 Å². The molecule has 0 bridgehead atoms. The molecule has 0 aliphatic heterocycles. The molecule has 0 aromatic heterocycles. The van der Waals surface area contributed by atoms with Crippen molar-refractivity contribution in [2.45, 2.75) is 19.5 Å². The molecule has 1 atom stereocenters. The Kier molecular flexibility index (Phi) is 4.48. The first-order chi connectivity index (χ1) is 9.58. The summed E-state index contributed by atoms with van der Waals surface area (Å²) in [7, 11) is 0. The van der Waals surface area contributed by atoms with E-state index >= 15 is 0 Å². The van der Waals surface area contributed by atoms with Crippen molar-refractivity contribution in [2.24, 2.45) is 0 Å². The van der Waals surface area contributed by atoms with Gasteiger partial charge in [0.15, 0.2) is 0 Å². The third-order valence-corrected chi connectivity index (χ3v) is 3.13. The largest absolute Gasteiger partial charge is 0.480 e. The van der Waals surface area contributed by atoms with Crippen molar-refractivity contribution in [1.29, 1.82) is 0 Å². The summed E-state index contributed by atoms with van der Waals surface area (Å²) >= 11 is 0. The number of hydrogen-bond acceptors (Lipinski definition) is 2. The Morgan fingerprint density at radius 1 is 1.25 bits per heavy atom. The number of nitrogens with one attached hydrogen (secondary N) is 1. The Morgan fingerprint density at radius 2 is 1.95 bits per heavy atom. The number of rotatable bonds is 5. The Hall–Kier alpha value is -2.20. The normalized spacial score (nSPS) is 12.1. The third-order valence-electron chi connectivity index (χ3n) is 3.13. The van der Waals surface area contributed by atoms with E-state index in [0.29, 0.717) is 17.7 Å². The number of benzene rings is 2. The first-order valence-corrected chi connectivity index (χ1v) is 6.34. The van der Waals surface area contributed by atoms with Crippen molar-refractivity contribution in [3.05, 3.63) is 71.0 Å². The lowest BCUT2D eigenvalue weighted by Crippen LogP contribution is -2.28. The predicted molar refractivity (Wildman–Crippen MR) is 74.8 cm³/mol. The van der Waals surface area contributed by atoms with Crippen LogP contribution in [0, 0.1) is 12.7 Å². The summed E-state index contributed by atoms with van der Waals surface area (Å²) in [5, 5.41) is 12.2. The van der Waals surface area contributed by atoms with Gasteiger partial charge in [-0.05, 0) is 29.7 Å².